The highest BCUT2D eigenvalue weighted by molar-refractivity contribution is 7.46. The van der Waals surface area contributed by atoms with E-state index < -0.39 is 49.7 Å². The van der Waals surface area contributed by atoms with E-state index in [9.17, 15) is 19.3 Å². The molecule has 140 valence electrons. The summed E-state index contributed by atoms with van der Waals surface area (Å²) in [5.74, 6) is 0. The fraction of sp³-hybridized carbons (Fsp3) is 0.667. The number of hydroxylamine groups is 2. The van der Waals surface area contributed by atoms with Gasteiger partial charge in [-0.25, -0.2) is 9.36 Å². The van der Waals surface area contributed by atoms with Gasteiger partial charge in [0, 0.05) is 18.8 Å². The summed E-state index contributed by atoms with van der Waals surface area (Å²) in [4.78, 5) is 49.7. The quantitative estimate of drug-likeness (QED) is 0.423. The smallest absolute Gasteiger partial charge is 0.393 e. The fourth-order valence-corrected chi connectivity index (χ4v) is 3.76. The number of likely N-dealkylation sites (N-methyl/N-ethyl adjacent to an activating group) is 1. The van der Waals surface area contributed by atoms with Crippen LogP contribution in [-0.2, 0) is 18.7 Å². The molecule has 4 N–H and O–H groups in total. The summed E-state index contributed by atoms with van der Waals surface area (Å²) in [6, 6.07) is 0. The molecule has 2 fully saturated rings. The molecule has 1 aromatic rings. The zero-order chi connectivity index (χ0) is 18.6. The van der Waals surface area contributed by atoms with Crippen molar-refractivity contribution in [1.29, 1.82) is 0 Å². The third kappa shape index (κ3) is 3.23. The van der Waals surface area contributed by atoms with Gasteiger partial charge in [0.1, 0.15) is 11.7 Å². The second kappa shape index (κ2) is 6.11. The van der Waals surface area contributed by atoms with Crippen molar-refractivity contribution in [3.8, 4) is 0 Å². The van der Waals surface area contributed by atoms with E-state index in [4.69, 9.17) is 23.9 Å². The van der Waals surface area contributed by atoms with Crippen LogP contribution in [0.1, 0.15) is 11.8 Å². The first kappa shape index (κ1) is 18.4. The van der Waals surface area contributed by atoms with Gasteiger partial charge in [-0.1, -0.05) is 0 Å². The topological polar surface area (TPSA) is 164 Å². The number of hydrogen-bond acceptors (Lipinski definition) is 8. The lowest BCUT2D eigenvalue weighted by Crippen LogP contribution is -2.59. The zero-order valence-electron chi connectivity index (χ0n) is 13.4. The average molecular weight is 379 g/mol. The predicted octanol–water partition coefficient (Wildman–Crippen LogP) is -2.17. The molecule has 0 unspecified atom stereocenters. The molecule has 2 saturated heterocycles. The Kier molecular flexibility index (Phi) is 4.50. The van der Waals surface area contributed by atoms with Gasteiger partial charge in [0.25, 0.3) is 5.56 Å². The van der Waals surface area contributed by atoms with Crippen LogP contribution in [0.25, 0.3) is 0 Å². The number of phosphoric acid groups is 1. The Morgan fingerprint density at radius 1 is 1.48 bits per heavy atom. The number of hydrogen-bond donors (Lipinski definition) is 4. The van der Waals surface area contributed by atoms with Gasteiger partial charge in [-0.3, -0.25) is 23.7 Å². The minimum Gasteiger partial charge on any atom is -0.393 e. The molecule has 13 heteroatoms. The number of nitrogens with one attached hydrogen (secondary N) is 1. The summed E-state index contributed by atoms with van der Waals surface area (Å²) >= 11 is 0. The van der Waals surface area contributed by atoms with E-state index in [0.29, 0.717) is 0 Å². The molecule has 0 saturated carbocycles. The summed E-state index contributed by atoms with van der Waals surface area (Å²) in [6.45, 7) is 0.794. The number of aromatic amines is 1. The van der Waals surface area contributed by atoms with Crippen LogP contribution in [0.3, 0.4) is 0 Å². The van der Waals surface area contributed by atoms with Crippen molar-refractivity contribution in [2.24, 2.45) is 0 Å². The van der Waals surface area contributed by atoms with Crippen LogP contribution in [0.5, 0.6) is 0 Å². The lowest BCUT2D eigenvalue weighted by atomic mass is 9.94. The number of aryl methyl sites for hydroxylation is 1. The highest BCUT2D eigenvalue weighted by Gasteiger charge is 2.63. The molecule has 0 amide bonds. The third-order valence-electron chi connectivity index (χ3n) is 4.18. The molecule has 3 rings (SSSR count). The molecule has 2 bridgehead atoms. The molecule has 0 aliphatic carbocycles. The molecule has 3 heterocycles. The first-order valence-corrected chi connectivity index (χ1v) is 8.82. The molecule has 12 nitrogen and oxygen atoms in total. The number of aromatic nitrogens is 2. The Hall–Kier alpha value is -1.37. The SMILES string of the molecule is Cc1cn([C@@H]2O[C@@]3(CO)CN(C)O[C@@H]2[C@@H]3OP(=O)(O)O)c(=O)[nH]c1=O. The van der Waals surface area contributed by atoms with Crippen molar-refractivity contribution in [3.05, 3.63) is 32.6 Å². The van der Waals surface area contributed by atoms with E-state index in [-0.39, 0.29) is 12.1 Å². The number of phosphoric ester groups is 1. The van der Waals surface area contributed by atoms with Gasteiger partial charge >= 0.3 is 13.5 Å². The second-order valence-electron chi connectivity index (χ2n) is 6.08. The normalized spacial score (nSPS) is 32.9. The zero-order valence-corrected chi connectivity index (χ0v) is 14.3. The molecular weight excluding hydrogens is 361 g/mol. The summed E-state index contributed by atoms with van der Waals surface area (Å²) < 4.78 is 22.9. The van der Waals surface area contributed by atoms with Crippen LogP contribution in [0.2, 0.25) is 0 Å². The summed E-state index contributed by atoms with van der Waals surface area (Å²) in [5, 5.41) is 11.1. The molecule has 0 aromatic carbocycles. The standard InChI is InChI=1S/C12H18N3O9P/c1-6-3-15(11(18)13-9(6)17)10-7-8(24-25(19,20)21)12(5-16,22-10)4-14(2)23-7/h3,7-8,10,16H,4-5H2,1-2H3,(H,13,17,18)(H2,19,20,21)/t7-,8+,10-,12-/m1/s1. The third-order valence-corrected chi connectivity index (χ3v) is 4.69. The van der Waals surface area contributed by atoms with E-state index in [1.165, 1.54) is 25.2 Å². The fourth-order valence-electron chi connectivity index (χ4n) is 3.15. The highest BCUT2D eigenvalue weighted by Crippen LogP contribution is 2.50. The maximum absolute atomic E-state index is 12.1. The Bertz CT molecular complexity index is 832. The minimum atomic E-state index is -4.93. The summed E-state index contributed by atoms with van der Waals surface area (Å²) in [7, 11) is -3.39. The molecule has 0 spiro atoms. The molecule has 4 atom stereocenters. The van der Waals surface area contributed by atoms with Gasteiger partial charge in [0.05, 0.1) is 13.2 Å². The van der Waals surface area contributed by atoms with Gasteiger partial charge in [0.15, 0.2) is 12.3 Å². The van der Waals surface area contributed by atoms with E-state index in [1.54, 1.807) is 0 Å². The van der Waals surface area contributed by atoms with E-state index in [1.807, 2.05) is 0 Å². The van der Waals surface area contributed by atoms with Crippen LogP contribution in [-0.4, -0.2) is 67.5 Å². The first-order chi connectivity index (χ1) is 11.6. The number of fused-ring (bicyclic) bond motifs is 2. The van der Waals surface area contributed by atoms with Crippen molar-refractivity contribution in [2.45, 2.75) is 31.0 Å². The number of rotatable bonds is 4. The molecular formula is C12H18N3O9P. The average Bonchev–Trinajstić information content (AvgIpc) is 2.67. The lowest BCUT2D eigenvalue weighted by molar-refractivity contribution is -0.253. The van der Waals surface area contributed by atoms with Crippen LogP contribution < -0.4 is 11.2 Å². The maximum Gasteiger partial charge on any atom is 0.470 e. The molecule has 25 heavy (non-hydrogen) atoms. The van der Waals surface area contributed by atoms with Crippen LogP contribution >= 0.6 is 7.82 Å². The maximum atomic E-state index is 12.1. The van der Waals surface area contributed by atoms with E-state index in [0.717, 1.165) is 4.57 Å². The summed E-state index contributed by atoms with van der Waals surface area (Å²) in [6.07, 6.45) is -2.40. The minimum absolute atomic E-state index is 0.0573. The lowest BCUT2D eigenvalue weighted by Gasteiger charge is -2.40. The van der Waals surface area contributed by atoms with Crippen molar-refractivity contribution in [1.82, 2.24) is 14.6 Å². The van der Waals surface area contributed by atoms with Crippen molar-refractivity contribution in [2.75, 3.05) is 20.2 Å². The number of nitrogens with zero attached hydrogens (tertiary/aromatic N) is 2. The predicted molar refractivity (Wildman–Crippen MR) is 80.4 cm³/mol. The molecule has 1 aromatic heterocycles. The van der Waals surface area contributed by atoms with Gasteiger partial charge in [0.2, 0.25) is 0 Å². The van der Waals surface area contributed by atoms with Crippen molar-refractivity contribution >= 4 is 7.82 Å². The Morgan fingerprint density at radius 2 is 2.16 bits per heavy atom. The first-order valence-electron chi connectivity index (χ1n) is 7.29. The Labute approximate surface area is 140 Å². The Balaban J connectivity index is 2.08. The highest BCUT2D eigenvalue weighted by atomic mass is 31.2. The number of aliphatic hydroxyl groups is 1. The second-order valence-corrected chi connectivity index (χ2v) is 7.27. The number of ether oxygens (including phenoxy) is 1. The van der Waals surface area contributed by atoms with Gasteiger partial charge in [-0.2, -0.15) is 5.06 Å². The monoisotopic (exact) mass is 379 g/mol. The van der Waals surface area contributed by atoms with E-state index in [2.05, 4.69) is 4.98 Å². The largest absolute Gasteiger partial charge is 0.470 e. The molecule has 0 radical (unpaired) electrons. The molecule has 2 aliphatic rings. The molecule has 2 aliphatic heterocycles. The van der Waals surface area contributed by atoms with Crippen LogP contribution in [0.15, 0.2) is 15.8 Å². The van der Waals surface area contributed by atoms with Gasteiger partial charge < -0.3 is 19.6 Å². The summed E-state index contributed by atoms with van der Waals surface area (Å²) in [5.41, 5.74) is -2.65. The van der Waals surface area contributed by atoms with Crippen molar-refractivity contribution in [3.63, 3.8) is 0 Å². The Morgan fingerprint density at radius 3 is 2.76 bits per heavy atom. The number of aliphatic hydroxyl groups excluding tert-OH is 1. The van der Waals surface area contributed by atoms with Gasteiger partial charge in [-0.15, -0.1) is 0 Å². The number of H-pyrrole nitrogens is 1. The van der Waals surface area contributed by atoms with Crippen LogP contribution in [0, 0.1) is 6.92 Å². The van der Waals surface area contributed by atoms with Gasteiger partial charge in [-0.05, 0) is 6.92 Å². The van der Waals surface area contributed by atoms with Crippen molar-refractivity contribution < 1.29 is 33.6 Å². The van der Waals surface area contributed by atoms with Crippen LogP contribution in [0.4, 0.5) is 0 Å². The van der Waals surface area contributed by atoms with E-state index >= 15 is 0 Å².